The molecule has 0 fully saturated rings. The SMILES string of the molecule is COc1cc(=O)n2c(c1C(=O)NCc1ccsc1)CCN(C(=O)Cc1ccccc1F)CC2. The maximum Gasteiger partial charge on any atom is 0.257 e. The summed E-state index contributed by atoms with van der Waals surface area (Å²) >= 11 is 1.54. The number of benzene rings is 1. The number of hydrogen-bond donors (Lipinski definition) is 1. The number of methoxy groups -OCH3 is 1. The van der Waals surface area contributed by atoms with Crippen LogP contribution in [0.1, 0.15) is 27.2 Å². The standard InChI is InChI=1S/C24H24FN3O4S/c1-32-20-13-22(30)28-10-9-27(21(29)12-17-4-2-3-5-18(17)25)8-6-19(28)23(20)24(31)26-14-16-7-11-33-15-16/h2-5,7,11,13,15H,6,8-10,12,14H2,1H3,(H,26,31). The number of carbonyl (C=O) groups is 2. The van der Waals surface area contributed by atoms with E-state index in [-0.39, 0.29) is 36.1 Å². The molecule has 3 aromatic rings. The highest BCUT2D eigenvalue weighted by Crippen LogP contribution is 2.23. The quantitative estimate of drug-likeness (QED) is 0.602. The number of aromatic nitrogens is 1. The maximum absolute atomic E-state index is 14.0. The molecule has 33 heavy (non-hydrogen) atoms. The summed E-state index contributed by atoms with van der Waals surface area (Å²) in [4.78, 5) is 40.3. The molecule has 172 valence electrons. The van der Waals surface area contributed by atoms with Crippen molar-refractivity contribution in [2.75, 3.05) is 20.2 Å². The Hall–Kier alpha value is -3.46. The van der Waals surface area contributed by atoms with Gasteiger partial charge in [0.05, 0.1) is 13.5 Å². The number of nitrogens with one attached hydrogen (secondary N) is 1. The van der Waals surface area contributed by atoms with Crippen molar-refractivity contribution in [3.05, 3.63) is 85.7 Å². The third-order valence-corrected chi connectivity index (χ3v) is 6.46. The Morgan fingerprint density at radius 2 is 2.00 bits per heavy atom. The average Bonchev–Trinajstić information content (AvgIpc) is 3.23. The fourth-order valence-electron chi connectivity index (χ4n) is 3.98. The molecule has 7 nitrogen and oxygen atoms in total. The molecule has 0 saturated carbocycles. The first kappa shape index (κ1) is 22.7. The molecule has 0 bridgehead atoms. The molecule has 0 spiro atoms. The number of nitrogens with zero attached hydrogens (tertiary/aromatic N) is 2. The Morgan fingerprint density at radius 1 is 1.18 bits per heavy atom. The molecule has 0 unspecified atom stereocenters. The van der Waals surface area contributed by atoms with Gasteiger partial charge in [0.2, 0.25) is 5.91 Å². The van der Waals surface area contributed by atoms with Gasteiger partial charge in [-0.25, -0.2) is 4.39 Å². The van der Waals surface area contributed by atoms with Gasteiger partial charge < -0.3 is 19.5 Å². The van der Waals surface area contributed by atoms with Crippen LogP contribution in [-0.4, -0.2) is 41.5 Å². The van der Waals surface area contributed by atoms with Gasteiger partial charge in [0.15, 0.2) is 0 Å². The van der Waals surface area contributed by atoms with E-state index in [4.69, 9.17) is 4.74 Å². The van der Waals surface area contributed by atoms with Crippen LogP contribution in [0, 0.1) is 5.82 Å². The van der Waals surface area contributed by atoms with E-state index < -0.39 is 5.82 Å². The van der Waals surface area contributed by atoms with Gasteiger partial charge in [-0.15, -0.1) is 0 Å². The molecule has 9 heteroatoms. The predicted molar refractivity (Wildman–Crippen MR) is 123 cm³/mol. The Bertz CT molecular complexity index is 1220. The number of hydrogen-bond acceptors (Lipinski definition) is 5. The first-order valence-corrected chi connectivity index (χ1v) is 11.5. The lowest BCUT2D eigenvalue weighted by Crippen LogP contribution is -2.35. The molecule has 0 aliphatic carbocycles. The summed E-state index contributed by atoms with van der Waals surface area (Å²) in [6, 6.07) is 9.42. The van der Waals surface area contributed by atoms with E-state index in [9.17, 15) is 18.8 Å². The van der Waals surface area contributed by atoms with Gasteiger partial charge in [-0.1, -0.05) is 18.2 Å². The number of halogens is 1. The molecule has 1 N–H and O–H groups in total. The molecule has 4 rings (SSSR count). The van der Waals surface area contributed by atoms with Crippen molar-refractivity contribution in [3.63, 3.8) is 0 Å². The van der Waals surface area contributed by atoms with Crippen LogP contribution in [0.4, 0.5) is 4.39 Å². The lowest BCUT2D eigenvalue weighted by molar-refractivity contribution is -0.130. The van der Waals surface area contributed by atoms with Gasteiger partial charge in [-0.2, -0.15) is 11.3 Å². The Kier molecular flexibility index (Phi) is 6.88. The van der Waals surface area contributed by atoms with E-state index >= 15 is 0 Å². The fourth-order valence-corrected chi connectivity index (χ4v) is 4.65. The van der Waals surface area contributed by atoms with Crippen LogP contribution in [0.25, 0.3) is 0 Å². The van der Waals surface area contributed by atoms with Gasteiger partial charge in [0.25, 0.3) is 11.5 Å². The topological polar surface area (TPSA) is 80.6 Å². The van der Waals surface area contributed by atoms with Gasteiger partial charge in [-0.3, -0.25) is 14.4 Å². The number of pyridine rings is 1. The van der Waals surface area contributed by atoms with Gasteiger partial charge in [0, 0.05) is 44.4 Å². The summed E-state index contributed by atoms with van der Waals surface area (Å²) < 4.78 is 20.9. The fraction of sp³-hybridized carbons (Fsp3) is 0.292. The van der Waals surface area contributed by atoms with Crippen LogP contribution in [-0.2, 0) is 30.7 Å². The van der Waals surface area contributed by atoms with Crippen molar-refractivity contribution in [2.24, 2.45) is 0 Å². The zero-order valence-corrected chi connectivity index (χ0v) is 19.0. The highest BCUT2D eigenvalue weighted by molar-refractivity contribution is 7.07. The molecule has 1 aliphatic heterocycles. The molecule has 1 aliphatic rings. The van der Waals surface area contributed by atoms with Crippen molar-refractivity contribution >= 4 is 23.2 Å². The zero-order valence-electron chi connectivity index (χ0n) is 18.2. The second kappa shape index (κ2) is 9.99. The summed E-state index contributed by atoms with van der Waals surface area (Å²) in [7, 11) is 1.42. The minimum Gasteiger partial charge on any atom is -0.496 e. The monoisotopic (exact) mass is 469 g/mol. The Morgan fingerprint density at radius 3 is 2.73 bits per heavy atom. The molecule has 1 aromatic carbocycles. The Balaban J connectivity index is 1.56. The predicted octanol–water partition coefficient (Wildman–Crippen LogP) is 2.61. The van der Waals surface area contributed by atoms with E-state index in [1.54, 1.807) is 34.4 Å². The number of rotatable bonds is 6. The van der Waals surface area contributed by atoms with E-state index in [1.165, 1.54) is 23.8 Å². The number of fused-ring (bicyclic) bond motifs is 1. The summed E-state index contributed by atoms with van der Waals surface area (Å²) in [5.74, 6) is -0.779. The van der Waals surface area contributed by atoms with Crippen LogP contribution >= 0.6 is 11.3 Å². The van der Waals surface area contributed by atoms with Crippen LogP contribution in [0.2, 0.25) is 0 Å². The highest BCUT2D eigenvalue weighted by atomic mass is 32.1. The minimum atomic E-state index is -0.422. The van der Waals surface area contributed by atoms with E-state index in [1.807, 2.05) is 16.8 Å². The smallest absolute Gasteiger partial charge is 0.257 e. The molecule has 2 amide bonds. The van der Waals surface area contributed by atoms with Gasteiger partial charge >= 0.3 is 0 Å². The van der Waals surface area contributed by atoms with Gasteiger partial charge in [-0.05, 0) is 34.0 Å². The summed E-state index contributed by atoms with van der Waals surface area (Å²) in [6.45, 7) is 1.20. The van der Waals surface area contributed by atoms with Crippen molar-refractivity contribution in [2.45, 2.75) is 25.9 Å². The van der Waals surface area contributed by atoms with E-state index in [0.29, 0.717) is 42.9 Å². The van der Waals surface area contributed by atoms with E-state index in [2.05, 4.69) is 5.32 Å². The molecule has 0 radical (unpaired) electrons. The summed E-state index contributed by atoms with van der Waals surface area (Å²) in [5.41, 5.74) is 1.85. The molecular formula is C24H24FN3O4S. The zero-order chi connectivity index (χ0) is 23.4. The maximum atomic E-state index is 14.0. The van der Waals surface area contributed by atoms with Crippen molar-refractivity contribution < 1.29 is 18.7 Å². The molecule has 3 heterocycles. The molecule has 0 saturated heterocycles. The third-order valence-electron chi connectivity index (χ3n) is 5.73. The third kappa shape index (κ3) is 4.98. The lowest BCUT2D eigenvalue weighted by Gasteiger charge is -2.20. The van der Waals surface area contributed by atoms with Crippen molar-refractivity contribution in [1.29, 1.82) is 0 Å². The highest BCUT2D eigenvalue weighted by Gasteiger charge is 2.27. The number of carbonyl (C=O) groups excluding carboxylic acids is 2. The van der Waals surface area contributed by atoms with Crippen molar-refractivity contribution in [1.82, 2.24) is 14.8 Å². The second-order valence-corrected chi connectivity index (χ2v) is 8.52. The lowest BCUT2D eigenvalue weighted by atomic mass is 10.1. The number of thiophene rings is 1. The minimum absolute atomic E-state index is 0.0603. The number of ether oxygens (including phenoxy) is 1. The average molecular weight is 470 g/mol. The molecule has 2 aromatic heterocycles. The normalized spacial score (nSPS) is 13.2. The van der Waals surface area contributed by atoms with Gasteiger partial charge in [0.1, 0.15) is 17.1 Å². The Labute approximate surface area is 194 Å². The number of amides is 2. The molecule has 0 atom stereocenters. The van der Waals surface area contributed by atoms with Crippen molar-refractivity contribution in [3.8, 4) is 5.75 Å². The second-order valence-electron chi connectivity index (χ2n) is 7.74. The summed E-state index contributed by atoms with van der Waals surface area (Å²) in [5, 5.41) is 6.77. The molecular weight excluding hydrogens is 445 g/mol. The largest absolute Gasteiger partial charge is 0.496 e. The summed E-state index contributed by atoms with van der Waals surface area (Å²) in [6.07, 6.45) is 0.242. The van der Waals surface area contributed by atoms with Crippen LogP contribution in [0.15, 0.2) is 52.0 Å². The van der Waals surface area contributed by atoms with Crippen LogP contribution in [0.5, 0.6) is 5.75 Å². The van der Waals surface area contributed by atoms with Crippen LogP contribution < -0.4 is 15.6 Å². The van der Waals surface area contributed by atoms with E-state index in [0.717, 1.165) is 5.56 Å². The van der Waals surface area contributed by atoms with Crippen LogP contribution in [0.3, 0.4) is 0 Å². The first-order valence-electron chi connectivity index (χ1n) is 10.6. The first-order chi connectivity index (χ1) is 16.0.